The molecule has 1 amide bonds. The lowest BCUT2D eigenvalue weighted by Crippen LogP contribution is -2.28. The van der Waals surface area contributed by atoms with E-state index in [4.69, 9.17) is 23.2 Å². The molecule has 0 saturated carbocycles. The number of thiophene rings is 1. The zero-order valence-corrected chi connectivity index (χ0v) is 17.2. The van der Waals surface area contributed by atoms with Crippen molar-refractivity contribution in [3.05, 3.63) is 74.9 Å². The van der Waals surface area contributed by atoms with E-state index in [1.165, 1.54) is 31.3 Å². The van der Waals surface area contributed by atoms with Gasteiger partial charge in [0.2, 0.25) is 0 Å². The van der Waals surface area contributed by atoms with Crippen molar-refractivity contribution in [2.24, 2.45) is 0 Å². The van der Waals surface area contributed by atoms with Crippen molar-refractivity contribution in [1.29, 1.82) is 0 Å². The number of amides is 1. The van der Waals surface area contributed by atoms with Gasteiger partial charge in [0.05, 0.1) is 10.6 Å². The molecular weight excluding hydrogens is 427 g/mol. The standard InChI is InChI=1S/C18H14Cl2N2O3S2/c1-22(27(24,25)15-7-5-12(19)6-8-15)16-9-10-26-17(16)18(23)21-14-4-2-3-13(20)11-14/h2-11H,1H3,(H,21,23). The molecule has 3 rings (SSSR count). The SMILES string of the molecule is CN(c1ccsc1C(=O)Nc1cccc(Cl)c1)S(=O)(=O)c1ccc(Cl)cc1. The van der Waals surface area contributed by atoms with Crippen molar-refractivity contribution in [2.45, 2.75) is 4.90 Å². The molecule has 0 saturated heterocycles. The van der Waals surface area contributed by atoms with Crippen molar-refractivity contribution in [3.8, 4) is 0 Å². The molecule has 9 heteroatoms. The normalized spacial score (nSPS) is 11.2. The third-order valence-corrected chi connectivity index (χ3v) is 6.92. The van der Waals surface area contributed by atoms with Crippen molar-refractivity contribution < 1.29 is 13.2 Å². The molecule has 2 aromatic carbocycles. The predicted octanol–water partition coefficient (Wildman–Crippen LogP) is 5.13. The maximum atomic E-state index is 12.9. The summed E-state index contributed by atoms with van der Waals surface area (Å²) < 4.78 is 26.8. The highest BCUT2D eigenvalue weighted by molar-refractivity contribution is 7.92. The Labute approximate surface area is 171 Å². The number of carbonyl (C=O) groups excluding carboxylic acids is 1. The third-order valence-electron chi connectivity index (χ3n) is 3.74. The number of sulfonamides is 1. The Morgan fingerprint density at radius 3 is 2.41 bits per heavy atom. The van der Waals surface area contributed by atoms with Crippen molar-refractivity contribution in [3.63, 3.8) is 0 Å². The summed E-state index contributed by atoms with van der Waals surface area (Å²) in [5, 5.41) is 5.32. The molecule has 27 heavy (non-hydrogen) atoms. The molecular formula is C18H14Cl2N2O3S2. The first kappa shape index (κ1) is 19.7. The predicted molar refractivity (Wildman–Crippen MR) is 111 cm³/mol. The quantitative estimate of drug-likeness (QED) is 0.597. The second kappa shape index (κ2) is 7.90. The largest absolute Gasteiger partial charge is 0.321 e. The molecule has 1 N–H and O–H groups in total. The van der Waals surface area contributed by atoms with Crippen LogP contribution < -0.4 is 9.62 Å². The number of carbonyl (C=O) groups is 1. The van der Waals surface area contributed by atoms with Gasteiger partial charge < -0.3 is 5.32 Å². The molecule has 3 aromatic rings. The average molecular weight is 441 g/mol. The van der Waals surface area contributed by atoms with Crippen molar-refractivity contribution in [1.82, 2.24) is 0 Å². The molecule has 1 aromatic heterocycles. The van der Waals surface area contributed by atoms with E-state index in [0.29, 0.717) is 15.7 Å². The van der Waals surface area contributed by atoms with Gasteiger partial charge in [0, 0.05) is 22.8 Å². The minimum absolute atomic E-state index is 0.0850. The Balaban J connectivity index is 1.89. The molecule has 0 radical (unpaired) electrons. The highest BCUT2D eigenvalue weighted by atomic mass is 35.5. The minimum Gasteiger partial charge on any atom is -0.321 e. The number of halogens is 2. The maximum absolute atomic E-state index is 12.9. The van der Waals surface area contributed by atoms with Crippen LogP contribution in [-0.2, 0) is 10.0 Å². The second-order valence-electron chi connectivity index (χ2n) is 5.53. The fourth-order valence-corrected chi connectivity index (χ4v) is 4.77. The first-order valence-corrected chi connectivity index (χ1v) is 10.8. The van der Waals surface area contributed by atoms with Crippen LogP contribution in [0, 0.1) is 0 Å². The van der Waals surface area contributed by atoms with Crippen molar-refractivity contribution in [2.75, 3.05) is 16.7 Å². The van der Waals surface area contributed by atoms with Gasteiger partial charge >= 0.3 is 0 Å². The summed E-state index contributed by atoms with van der Waals surface area (Å²) in [5.41, 5.74) is 0.810. The van der Waals surface area contributed by atoms with Crippen LogP contribution in [0.25, 0.3) is 0 Å². The van der Waals surface area contributed by atoms with Gasteiger partial charge in [-0.1, -0.05) is 29.3 Å². The Morgan fingerprint density at radius 1 is 1.04 bits per heavy atom. The van der Waals surface area contributed by atoms with Crippen LogP contribution in [0.5, 0.6) is 0 Å². The summed E-state index contributed by atoms with van der Waals surface area (Å²) in [6.07, 6.45) is 0. The highest BCUT2D eigenvalue weighted by Gasteiger charge is 2.26. The molecule has 0 bridgehead atoms. The van der Waals surface area contributed by atoms with Crippen LogP contribution in [0.15, 0.2) is 64.9 Å². The fraction of sp³-hybridized carbons (Fsp3) is 0.0556. The lowest BCUT2D eigenvalue weighted by molar-refractivity contribution is 0.103. The lowest BCUT2D eigenvalue weighted by Gasteiger charge is -2.19. The maximum Gasteiger partial charge on any atom is 0.267 e. The smallest absolute Gasteiger partial charge is 0.267 e. The Bertz CT molecular complexity index is 1080. The van der Waals surface area contributed by atoms with Gasteiger partial charge in [0.1, 0.15) is 4.88 Å². The molecule has 0 atom stereocenters. The van der Waals surface area contributed by atoms with E-state index >= 15 is 0 Å². The van der Waals surface area contributed by atoms with E-state index in [1.54, 1.807) is 35.7 Å². The highest BCUT2D eigenvalue weighted by Crippen LogP contribution is 2.31. The van der Waals surface area contributed by atoms with Gasteiger partial charge in [-0.3, -0.25) is 9.10 Å². The topological polar surface area (TPSA) is 66.5 Å². The van der Waals surface area contributed by atoms with E-state index in [1.807, 2.05) is 0 Å². The van der Waals surface area contributed by atoms with E-state index in [-0.39, 0.29) is 15.5 Å². The molecule has 140 valence electrons. The van der Waals surface area contributed by atoms with Crippen molar-refractivity contribution >= 4 is 61.8 Å². The lowest BCUT2D eigenvalue weighted by atomic mass is 10.3. The molecule has 0 fully saturated rings. The zero-order chi connectivity index (χ0) is 19.6. The summed E-state index contributed by atoms with van der Waals surface area (Å²) in [7, 11) is -2.43. The second-order valence-corrected chi connectivity index (χ2v) is 9.28. The molecule has 0 aliphatic rings. The molecule has 0 aliphatic heterocycles. The number of hydrogen-bond donors (Lipinski definition) is 1. The van der Waals surface area contributed by atoms with Crippen LogP contribution in [0.4, 0.5) is 11.4 Å². The molecule has 0 spiro atoms. The Kier molecular flexibility index (Phi) is 5.76. The molecule has 0 aliphatic carbocycles. The molecule has 0 unspecified atom stereocenters. The van der Waals surface area contributed by atoms with E-state index < -0.39 is 15.9 Å². The number of nitrogens with one attached hydrogen (secondary N) is 1. The Morgan fingerprint density at radius 2 is 1.74 bits per heavy atom. The first-order valence-electron chi connectivity index (χ1n) is 7.68. The summed E-state index contributed by atoms with van der Waals surface area (Å²) in [6, 6.07) is 14.2. The van der Waals surface area contributed by atoms with Gasteiger partial charge in [-0.25, -0.2) is 8.42 Å². The van der Waals surface area contributed by atoms with E-state index in [9.17, 15) is 13.2 Å². The Hall–Kier alpha value is -2.06. The van der Waals surface area contributed by atoms with Gasteiger partial charge in [-0.2, -0.15) is 0 Å². The molecule has 1 heterocycles. The number of nitrogens with zero attached hydrogens (tertiary/aromatic N) is 1. The minimum atomic E-state index is -3.83. The number of rotatable bonds is 5. The van der Waals surface area contributed by atoms with E-state index in [0.717, 1.165) is 15.6 Å². The number of anilines is 2. The first-order chi connectivity index (χ1) is 12.8. The third kappa shape index (κ3) is 4.27. The summed E-state index contributed by atoms with van der Waals surface area (Å²) in [6.45, 7) is 0. The van der Waals surface area contributed by atoms with E-state index in [2.05, 4.69) is 5.32 Å². The number of hydrogen-bond acceptors (Lipinski definition) is 4. The summed E-state index contributed by atoms with van der Waals surface area (Å²) >= 11 is 12.9. The number of benzene rings is 2. The van der Waals surface area contributed by atoms with Crippen LogP contribution in [0.1, 0.15) is 9.67 Å². The van der Waals surface area contributed by atoms with Crippen LogP contribution >= 0.6 is 34.5 Å². The molecule has 5 nitrogen and oxygen atoms in total. The zero-order valence-electron chi connectivity index (χ0n) is 14.0. The van der Waals surface area contributed by atoms with Crippen LogP contribution in [0.3, 0.4) is 0 Å². The monoisotopic (exact) mass is 440 g/mol. The van der Waals surface area contributed by atoms with Crippen LogP contribution in [-0.4, -0.2) is 21.4 Å². The van der Waals surface area contributed by atoms with Gasteiger partial charge in [0.15, 0.2) is 0 Å². The van der Waals surface area contributed by atoms with Gasteiger partial charge in [0.25, 0.3) is 15.9 Å². The fourth-order valence-electron chi connectivity index (χ4n) is 2.37. The summed E-state index contributed by atoms with van der Waals surface area (Å²) in [4.78, 5) is 13.0. The van der Waals surface area contributed by atoms with Crippen LogP contribution in [0.2, 0.25) is 10.0 Å². The average Bonchev–Trinajstić information content (AvgIpc) is 3.11. The summed E-state index contributed by atoms with van der Waals surface area (Å²) in [5.74, 6) is -0.416. The van der Waals surface area contributed by atoms with Gasteiger partial charge in [-0.15, -0.1) is 11.3 Å². The van der Waals surface area contributed by atoms with Gasteiger partial charge in [-0.05, 0) is 53.9 Å².